The van der Waals surface area contributed by atoms with E-state index in [9.17, 15) is 9.90 Å². The van der Waals surface area contributed by atoms with Crippen LogP contribution in [0.2, 0.25) is 0 Å². The van der Waals surface area contributed by atoms with Gasteiger partial charge in [0.25, 0.3) is 0 Å². The maximum atomic E-state index is 10.5. The second kappa shape index (κ2) is 21.1. The largest absolute Gasteiger partial charge is 0.479 e. The van der Waals surface area contributed by atoms with E-state index in [0.717, 1.165) is 18.8 Å². The van der Waals surface area contributed by atoms with Gasteiger partial charge in [-0.05, 0) is 12.3 Å². The van der Waals surface area contributed by atoms with Crippen molar-refractivity contribution in [3.05, 3.63) is 0 Å². The Morgan fingerprint density at radius 1 is 0.607 bits per heavy atom. The SMILES string of the molecule is CCC(C)CCCCCCCCCCCCCCCCCCCC(O)C(=O)O. The van der Waals surface area contributed by atoms with Crippen LogP contribution in [0.1, 0.15) is 142 Å². The molecule has 0 radical (unpaired) electrons. The van der Waals surface area contributed by atoms with Crippen LogP contribution in [-0.4, -0.2) is 22.3 Å². The van der Waals surface area contributed by atoms with Gasteiger partial charge in [0.05, 0.1) is 0 Å². The van der Waals surface area contributed by atoms with E-state index >= 15 is 0 Å². The van der Waals surface area contributed by atoms with Gasteiger partial charge in [-0.25, -0.2) is 4.79 Å². The van der Waals surface area contributed by atoms with Crippen LogP contribution in [-0.2, 0) is 4.79 Å². The number of carboxylic acid groups (broad SMARTS) is 1. The third-order valence-corrected chi connectivity index (χ3v) is 6.16. The number of hydrogen-bond donors (Lipinski definition) is 2. The van der Waals surface area contributed by atoms with Crippen LogP contribution < -0.4 is 0 Å². The zero-order valence-electron chi connectivity index (χ0n) is 19.1. The van der Waals surface area contributed by atoms with Crippen molar-refractivity contribution in [3.8, 4) is 0 Å². The Bertz CT molecular complexity index is 330. The quantitative estimate of drug-likeness (QED) is 0.182. The van der Waals surface area contributed by atoms with Gasteiger partial charge >= 0.3 is 5.97 Å². The number of rotatable bonds is 22. The Labute approximate surface area is 175 Å². The average Bonchev–Trinajstić information content (AvgIpc) is 2.69. The first-order valence-electron chi connectivity index (χ1n) is 12.5. The van der Waals surface area contributed by atoms with E-state index in [2.05, 4.69) is 13.8 Å². The van der Waals surface area contributed by atoms with E-state index < -0.39 is 12.1 Å². The molecule has 2 atom stereocenters. The molecule has 168 valence electrons. The van der Waals surface area contributed by atoms with Crippen molar-refractivity contribution in [2.24, 2.45) is 5.92 Å². The highest BCUT2D eigenvalue weighted by Gasteiger charge is 2.11. The molecule has 0 fully saturated rings. The molecule has 2 N–H and O–H groups in total. The lowest BCUT2D eigenvalue weighted by Gasteiger charge is -2.07. The number of unbranched alkanes of at least 4 members (excludes halogenated alkanes) is 16. The van der Waals surface area contributed by atoms with E-state index in [0.29, 0.717) is 6.42 Å². The minimum atomic E-state index is -1.17. The maximum Gasteiger partial charge on any atom is 0.332 e. The molecule has 2 unspecified atom stereocenters. The highest BCUT2D eigenvalue weighted by molar-refractivity contribution is 5.71. The van der Waals surface area contributed by atoms with Gasteiger partial charge in [-0.1, -0.05) is 136 Å². The van der Waals surface area contributed by atoms with Crippen LogP contribution in [0.25, 0.3) is 0 Å². The van der Waals surface area contributed by atoms with Gasteiger partial charge in [-0.15, -0.1) is 0 Å². The van der Waals surface area contributed by atoms with Crippen molar-refractivity contribution in [2.75, 3.05) is 0 Å². The lowest BCUT2D eigenvalue weighted by atomic mass is 9.99. The highest BCUT2D eigenvalue weighted by atomic mass is 16.4. The molecule has 0 bridgehead atoms. The number of aliphatic hydroxyl groups excluding tert-OH is 1. The molecule has 0 aromatic heterocycles. The number of carbonyl (C=O) groups is 1. The molecule has 0 aliphatic rings. The number of carboxylic acids is 1. The molecule has 3 nitrogen and oxygen atoms in total. The molecule has 0 aliphatic heterocycles. The monoisotopic (exact) mass is 398 g/mol. The third kappa shape index (κ3) is 20.2. The normalized spacial score (nSPS) is 13.5. The van der Waals surface area contributed by atoms with E-state index in [1.54, 1.807) is 0 Å². The minimum Gasteiger partial charge on any atom is -0.479 e. The second-order valence-electron chi connectivity index (χ2n) is 8.96. The van der Waals surface area contributed by atoms with Gasteiger partial charge in [0.1, 0.15) is 0 Å². The molecule has 28 heavy (non-hydrogen) atoms. The fourth-order valence-corrected chi connectivity index (χ4v) is 3.81. The van der Waals surface area contributed by atoms with Crippen molar-refractivity contribution < 1.29 is 15.0 Å². The van der Waals surface area contributed by atoms with E-state index in [1.807, 2.05) is 0 Å². The summed E-state index contributed by atoms with van der Waals surface area (Å²) in [6.07, 6.45) is 24.6. The molecule has 0 saturated carbocycles. The van der Waals surface area contributed by atoms with Gasteiger partial charge < -0.3 is 10.2 Å². The molecule has 0 saturated heterocycles. The van der Waals surface area contributed by atoms with Crippen molar-refractivity contribution in [1.82, 2.24) is 0 Å². The van der Waals surface area contributed by atoms with Crippen LogP contribution in [0.15, 0.2) is 0 Å². The second-order valence-corrected chi connectivity index (χ2v) is 8.96. The summed E-state index contributed by atoms with van der Waals surface area (Å²) in [4.78, 5) is 10.5. The average molecular weight is 399 g/mol. The Morgan fingerprint density at radius 3 is 1.18 bits per heavy atom. The summed E-state index contributed by atoms with van der Waals surface area (Å²) < 4.78 is 0. The number of aliphatic carboxylic acids is 1. The highest BCUT2D eigenvalue weighted by Crippen LogP contribution is 2.16. The molecule has 0 amide bonds. The maximum absolute atomic E-state index is 10.5. The predicted molar refractivity (Wildman–Crippen MR) is 121 cm³/mol. The van der Waals surface area contributed by atoms with Crippen molar-refractivity contribution >= 4 is 5.97 Å². The molecule has 0 aromatic rings. The Balaban J connectivity index is 3.08. The van der Waals surface area contributed by atoms with Crippen LogP contribution in [0, 0.1) is 5.92 Å². The van der Waals surface area contributed by atoms with Crippen LogP contribution >= 0.6 is 0 Å². The molecule has 0 rings (SSSR count). The van der Waals surface area contributed by atoms with Gasteiger partial charge in [-0.3, -0.25) is 0 Å². The van der Waals surface area contributed by atoms with Crippen molar-refractivity contribution in [1.29, 1.82) is 0 Å². The summed E-state index contributed by atoms with van der Waals surface area (Å²) >= 11 is 0. The van der Waals surface area contributed by atoms with Crippen LogP contribution in [0.4, 0.5) is 0 Å². The smallest absolute Gasteiger partial charge is 0.332 e. The van der Waals surface area contributed by atoms with Crippen molar-refractivity contribution in [3.63, 3.8) is 0 Å². The Hall–Kier alpha value is -0.570. The molecule has 0 spiro atoms. The van der Waals surface area contributed by atoms with E-state index in [4.69, 9.17) is 5.11 Å². The topological polar surface area (TPSA) is 57.5 Å². The lowest BCUT2D eigenvalue weighted by molar-refractivity contribution is -0.146. The first-order valence-corrected chi connectivity index (χ1v) is 12.5. The third-order valence-electron chi connectivity index (χ3n) is 6.16. The van der Waals surface area contributed by atoms with Gasteiger partial charge in [-0.2, -0.15) is 0 Å². The molecular weight excluding hydrogens is 348 g/mol. The summed E-state index contributed by atoms with van der Waals surface area (Å²) in [5.41, 5.74) is 0. The summed E-state index contributed by atoms with van der Waals surface area (Å²) in [6.45, 7) is 4.67. The standard InChI is InChI=1S/C25H50O3/c1-3-23(2)21-19-17-15-13-11-9-7-5-4-6-8-10-12-14-16-18-20-22-24(26)25(27)28/h23-24,26H,3-22H2,1-2H3,(H,27,28). The fourth-order valence-electron chi connectivity index (χ4n) is 3.81. The molecular formula is C25H50O3. The zero-order valence-corrected chi connectivity index (χ0v) is 19.1. The predicted octanol–water partition coefficient (Wildman–Crippen LogP) is 7.89. The Morgan fingerprint density at radius 2 is 0.893 bits per heavy atom. The lowest BCUT2D eigenvalue weighted by Crippen LogP contribution is -2.18. The number of hydrogen-bond acceptors (Lipinski definition) is 2. The summed E-state index contributed by atoms with van der Waals surface area (Å²) in [7, 11) is 0. The van der Waals surface area contributed by atoms with Crippen LogP contribution in [0.5, 0.6) is 0 Å². The summed E-state index contributed by atoms with van der Waals surface area (Å²) in [6, 6.07) is 0. The molecule has 0 aliphatic carbocycles. The van der Waals surface area contributed by atoms with Gasteiger partial charge in [0.2, 0.25) is 0 Å². The number of aliphatic hydroxyl groups is 1. The van der Waals surface area contributed by atoms with Gasteiger partial charge in [0, 0.05) is 0 Å². The summed E-state index contributed by atoms with van der Waals surface area (Å²) in [5, 5.41) is 17.8. The molecule has 0 aromatic carbocycles. The molecule has 3 heteroatoms. The first-order chi connectivity index (χ1) is 13.6. The fraction of sp³-hybridized carbons (Fsp3) is 0.960. The zero-order chi connectivity index (χ0) is 20.9. The Kier molecular flexibility index (Phi) is 20.7. The summed E-state index contributed by atoms with van der Waals surface area (Å²) in [5.74, 6) is -0.169. The molecule has 0 heterocycles. The minimum absolute atomic E-state index is 0.396. The first kappa shape index (κ1) is 27.4. The van der Waals surface area contributed by atoms with Crippen LogP contribution in [0.3, 0.4) is 0 Å². The van der Waals surface area contributed by atoms with E-state index in [-0.39, 0.29) is 0 Å². The van der Waals surface area contributed by atoms with E-state index in [1.165, 1.54) is 109 Å². The van der Waals surface area contributed by atoms with Gasteiger partial charge in [0.15, 0.2) is 6.10 Å². The van der Waals surface area contributed by atoms with Crippen molar-refractivity contribution in [2.45, 2.75) is 148 Å².